The van der Waals surface area contributed by atoms with Gasteiger partial charge in [-0.1, -0.05) is 91.0 Å². The molecule has 0 aliphatic heterocycles. The lowest BCUT2D eigenvalue weighted by molar-refractivity contribution is 1.18. The van der Waals surface area contributed by atoms with E-state index in [-0.39, 0.29) is 0 Å². The number of nitrogens with zero attached hydrogens (tertiary/aromatic N) is 5. The number of para-hydroxylation sites is 3. The number of hydrogen-bond donors (Lipinski definition) is 0. The molecule has 7 aromatic carbocycles. The van der Waals surface area contributed by atoms with Crippen LogP contribution >= 0.6 is 0 Å². The van der Waals surface area contributed by atoms with Crippen LogP contribution in [0.15, 0.2) is 152 Å². The lowest BCUT2D eigenvalue weighted by Crippen LogP contribution is -1.99. The van der Waals surface area contributed by atoms with Gasteiger partial charge in [-0.25, -0.2) is 4.85 Å². The Morgan fingerprint density at radius 1 is 0.480 bits per heavy atom. The maximum atomic E-state index is 10.8. The van der Waals surface area contributed by atoms with Crippen molar-refractivity contribution < 1.29 is 0 Å². The van der Waals surface area contributed by atoms with E-state index in [4.69, 9.17) is 6.57 Å². The Hall–Kier alpha value is -7.39. The van der Waals surface area contributed by atoms with Gasteiger partial charge >= 0.3 is 0 Å². The summed E-state index contributed by atoms with van der Waals surface area (Å²) in [4.78, 5) is 3.69. The Morgan fingerprint density at radius 2 is 1.10 bits per heavy atom. The molecule has 9 aromatic rings. The van der Waals surface area contributed by atoms with Crippen LogP contribution in [-0.4, -0.2) is 9.13 Å². The Labute approximate surface area is 288 Å². The lowest BCUT2D eigenvalue weighted by Gasteiger charge is -2.17. The molecule has 0 aliphatic rings. The van der Waals surface area contributed by atoms with Crippen LogP contribution in [0.2, 0.25) is 0 Å². The first kappa shape index (κ1) is 28.8. The van der Waals surface area contributed by atoms with Gasteiger partial charge in [-0.2, -0.15) is 10.5 Å². The van der Waals surface area contributed by atoms with E-state index in [0.29, 0.717) is 16.8 Å². The molecule has 230 valence electrons. The molecule has 0 radical (unpaired) electrons. The summed E-state index contributed by atoms with van der Waals surface area (Å²) < 4.78 is 4.46. The zero-order chi connectivity index (χ0) is 33.8. The van der Waals surface area contributed by atoms with Gasteiger partial charge < -0.3 is 9.13 Å². The van der Waals surface area contributed by atoms with Gasteiger partial charge in [-0.3, -0.25) is 0 Å². The van der Waals surface area contributed by atoms with Gasteiger partial charge in [0, 0.05) is 38.5 Å². The minimum absolute atomic E-state index is 0.592. The Kier molecular flexibility index (Phi) is 6.56. The van der Waals surface area contributed by atoms with E-state index in [1.54, 1.807) is 0 Å². The molecule has 0 unspecified atom stereocenters. The topological polar surface area (TPSA) is 61.8 Å². The van der Waals surface area contributed by atoms with E-state index in [9.17, 15) is 10.5 Å². The number of nitriles is 2. The van der Waals surface area contributed by atoms with E-state index in [1.807, 2.05) is 97.1 Å². The van der Waals surface area contributed by atoms with Crippen molar-refractivity contribution in [3.05, 3.63) is 174 Å². The molecule has 2 heterocycles. The van der Waals surface area contributed by atoms with Gasteiger partial charge in [0.15, 0.2) is 5.69 Å². The summed E-state index contributed by atoms with van der Waals surface area (Å²) in [6.45, 7) is 7.60. The summed E-state index contributed by atoms with van der Waals surface area (Å²) in [7, 11) is 0. The van der Waals surface area contributed by atoms with Crippen molar-refractivity contribution in [1.82, 2.24) is 9.13 Å². The highest BCUT2D eigenvalue weighted by Crippen LogP contribution is 2.41. The minimum atomic E-state index is 0.592. The molecule has 0 N–H and O–H groups in total. The predicted molar refractivity (Wildman–Crippen MR) is 202 cm³/mol. The van der Waals surface area contributed by atoms with E-state index in [1.165, 1.54) is 0 Å². The highest BCUT2D eigenvalue weighted by atomic mass is 15.0. The molecule has 0 aliphatic carbocycles. The van der Waals surface area contributed by atoms with Gasteiger partial charge in [0.05, 0.1) is 51.5 Å². The second-order valence-corrected chi connectivity index (χ2v) is 12.3. The van der Waals surface area contributed by atoms with E-state index < -0.39 is 0 Å². The zero-order valence-electron chi connectivity index (χ0n) is 26.7. The SMILES string of the molecule is [C-]#[N+]c1ccc2c(c1)c1ccccc1n2-c1ccccc1-c1cccc(-c2cccc(-n3c4ccccc4c4cc(C#N)ccc43)c2)c1C#N. The summed E-state index contributed by atoms with van der Waals surface area (Å²) >= 11 is 0. The smallest absolute Gasteiger partial charge is 0.188 e. The standard InChI is InChI=1S/C45H25N5/c1-48-31-21-23-45-39(26-31)37-14-4-7-19-43(37)50(45)42-18-6-2-12-35(42)34-16-9-15-33(40(34)28-47)30-10-8-11-32(25-30)49-41-17-5-3-13-36(41)38-24-29(27-46)20-22-44(38)49/h2-26H. The van der Waals surface area contributed by atoms with Crippen LogP contribution in [0.4, 0.5) is 5.69 Å². The van der Waals surface area contributed by atoms with Crippen LogP contribution in [0.25, 0.3) is 82.1 Å². The fraction of sp³-hybridized carbons (Fsp3) is 0. The molecule has 0 amide bonds. The van der Waals surface area contributed by atoms with Crippen molar-refractivity contribution >= 4 is 49.3 Å². The van der Waals surface area contributed by atoms with Crippen molar-refractivity contribution in [1.29, 1.82) is 10.5 Å². The summed E-state index contributed by atoms with van der Waals surface area (Å²) in [6.07, 6.45) is 0. The van der Waals surface area contributed by atoms with Crippen molar-refractivity contribution in [2.75, 3.05) is 0 Å². The summed E-state index contributed by atoms with van der Waals surface area (Å²) in [5, 5.41) is 24.6. The van der Waals surface area contributed by atoms with Crippen molar-refractivity contribution in [3.8, 4) is 45.8 Å². The molecular formula is C45H25N5. The van der Waals surface area contributed by atoms with Gasteiger partial charge in [0.2, 0.25) is 0 Å². The first-order chi connectivity index (χ1) is 24.7. The fourth-order valence-electron chi connectivity index (χ4n) is 7.46. The van der Waals surface area contributed by atoms with Crippen molar-refractivity contribution in [2.45, 2.75) is 0 Å². The number of hydrogen-bond acceptors (Lipinski definition) is 2. The van der Waals surface area contributed by atoms with Crippen LogP contribution < -0.4 is 0 Å². The molecule has 0 fully saturated rings. The number of benzene rings is 7. The van der Waals surface area contributed by atoms with Crippen LogP contribution in [-0.2, 0) is 0 Å². The number of aromatic nitrogens is 2. The molecular weight excluding hydrogens is 611 g/mol. The fourth-order valence-corrected chi connectivity index (χ4v) is 7.46. The predicted octanol–water partition coefficient (Wildman–Crippen LogP) is 11.5. The molecule has 0 saturated carbocycles. The molecule has 0 spiro atoms. The van der Waals surface area contributed by atoms with E-state index in [2.05, 4.69) is 80.7 Å². The highest BCUT2D eigenvalue weighted by Gasteiger charge is 2.20. The largest absolute Gasteiger partial charge is 0.309 e. The first-order valence-corrected chi connectivity index (χ1v) is 16.3. The number of rotatable bonds is 4. The molecule has 5 nitrogen and oxygen atoms in total. The molecule has 9 rings (SSSR count). The second kappa shape index (κ2) is 11.4. The third-order valence-corrected chi connectivity index (χ3v) is 9.61. The summed E-state index contributed by atoms with van der Waals surface area (Å²) in [6, 6.07) is 55.6. The van der Waals surface area contributed by atoms with E-state index in [0.717, 1.165) is 77.2 Å². The summed E-state index contributed by atoms with van der Waals surface area (Å²) in [5.74, 6) is 0. The molecule has 50 heavy (non-hydrogen) atoms. The van der Waals surface area contributed by atoms with Gasteiger partial charge in [0.1, 0.15) is 6.07 Å². The average molecular weight is 636 g/mol. The number of fused-ring (bicyclic) bond motifs is 6. The van der Waals surface area contributed by atoms with Crippen molar-refractivity contribution in [3.63, 3.8) is 0 Å². The zero-order valence-corrected chi connectivity index (χ0v) is 26.7. The van der Waals surface area contributed by atoms with Crippen molar-refractivity contribution in [2.24, 2.45) is 0 Å². The minimum Gasteiger partial charge on any atom is -0.309 e. The normalized spacial score (nSPS) is 11.1. The Morgan fingerprint density at radius 3 is 1.88 bits per heavy atom. The van der Waals surface area contributed by atoms with Crippen LogP contribution in [0, 0.1) is 29.2 Å². The third-order valence-electron chi connectivity index (χ3n) is 9.61. The Balaban J connectivity index is 1.24. The average Bonchev–Trinajstić information content (AvgIpc) is 3.69. The van der Waals surface area contributed by atoms with Crippen LogP contribution in [0.3, 0.4) is 0 Å². The van der Waals surface area contributed by atoms with Crippen LogP contribution in [0.5, 0.6) is 0 Å². The molecule has 5 heteroatoms. The molecule has 0 saturated heterocycles. The van der Waals surface area contributed by atoms with E-state index >= 15 is 0 Å². The maximum absolute atomic E-state index is 10.8. The molecule has 0 atom stereocenters. The van der Waals surface area contributed by atoms with Gasteiger partial charge in [-0.05, 0) is 71.6 Å². The second-order valence-electron chi connectivity index (χ2n) is 12.3. The van der Waals surface area contributed by atoms with Gasteiger partial charge in [-0.15, -0.1) is 0 Å². The quantitative estimate of drug-likeness (QED) is 0.181. The molecule has 0 bridgehead atoms. The lowest BCUT2D eigenvalue weighted by atomic mass is 9.91. The Bertz CT molecular complexity index is 2970. The van der Waals surface area contributed by atoms with Crippen LogP contribution in [0.1, 0.15) is 11.1 Å². The highest BCUT2D eigenvalue weighted by molar-refractivity contribution is 6.11. The first-order valence-electron chi connectivity index (χ1n) is 16.3. The van der Waals surface area contributed by atoms with Gasteiger partial charge in [0.25, 0.3) is 0 Å². The maximum Gasteiger partial charge on any atom is 0.188 e. The summed E-state index contributed by atoms with van der Waals surface area (Å²) in [5.41, 5.74) is 11.4. The monoisotopic (exact) mass is 635 g/mol. The molecule has 2 aromatic heterocycles. The third kappa shape index (κ3) is 4.31.